The molecule has 1 aromatic carbocycles. The van der Waals surface area contributed by atoms with E-state index in [0.717, 1.165) is 16.5 Å². The average Bonchev–Trinajstić information content (AvgIpc) is 3.15. The van der Waals surface area contributed by atoms with Crippen molar-refractivity contribution in [3.05, 3.63) is 36.0 Å². The van der Waals surface area contributed by atoms with Gasteiger partial charge in [0.25, 0.3) is 0 Å². The van der Waals surface area contributed by atoms with E-state index >= 15 is 0 Å². The molecular formula is C15H15N3O. The van der Waals surface area contributed by atoms with E-state index in [1.807, 2.05) is 30.5 Å². The number of fused-ring (bicyclic) bond motifs is 1. The number of aromatic nitrogens is 1. The summed E-state index contributed by atoms with van der Waals surface area (Å²) in [5.41, 5.74) is 1.42. The van der Waals surface area contributed by atoms with Gasteiger partial charge in [0.1, 0.15) is 5.41 Å². The van der Waals surface area contributed by atoms with Crippen molar-refractivity contribution in [1.82, 2.24) is 9.88 Å². The van der Waals surface area contributed by atoms with Crippen LogP contribution in [0.4, 0.5) is 0 Å². The van der Waals surface area contributed by atoms with Crippen LogP contribution in [0.3, 0.4) is 0 Å². The van der Waals surface area contributed by atoms with Gasteiger partial charge in [-0.3, -0.25) is 4.79 Å². The van der Waals surface area contributed by atoms with E-state index in [1.165, 1.54) is 0 Å². The molecule has 1 heterocycles. The Morgan fingerprint density at radius 1 is 1.47 bits per heavy atom. The van der Waals surface area contributed by atoms with Crippen LogP contribution in [0.5, 0.6) is 0 Å². The molecule has 19 heavy (non-hydrogen) atoms. The molecule has 1 fully saturated rings. The van der Waals surface area contributed by atoms with Gasteiger partial charge < -0.3 is 9.88 Å². The van der Waals surface area contributed by atoms with Gasteiger partial charge in [-0.05, 0) is 24.5 Å². The molecule has 0 radical (unpaired) electrons. The number of para-hydroxylation sites is 1. The zero-order valence-corrected chi connectivity index (χ0v) is 10.8. The Hall–Kier alpha value is -2.28. The lowest BCUT2D eigenvalue weighted by Crippen LogP contribution is -2.32. The molecule has 0 aliphatic heterocycles. The minimum atomic E-state index is -0.735. The van der Waals surface area contributed by atoms with Crippen molar-refractivity contribution in [2.45, 2.75) is 19.4 Å². The number of rotatable bonds is 3. The molecule has 1 aliphatic rings. The van der Waals surface area contributed by atoms with E-state index in [2.05, 4.69) is 11.1 Å². The van der Waals surface area contributed by atoms with Crippen LogP contribution in [0.15, 0.2) is 30.5 Å². The van der Waals surface area contributed by atoms with Gasteiger partial charge in [0.2, 0.25) is 5.91 Å². The molecule has 3 rings (SSSR count). The fourth-order valence-corrected chi connectivity index (χ4v) is 2.45. The van der Waals surface area contributed by atoms with Crippen LogP contribution in [-0.4, -0.2) is 22.8 Å². The Labute approximate surface area is 111 Å². The third-order valence-corrected chi connectivity index (χ3v) is 3.80. The molecule has 0 bridgehead atoms. The Bertz CT molecular complexity index is 676. The van der Waals surface area contributed by atoms with E-state index in [4.69, 9.17) is 5.26 Å². The number of carbonyl (C=O) groups is 1. The number of nitriles is 1. The van der Waals surface area contributed by atoms with E-state index < -0.39 is 5.41 Å². The van der Waals surface area contributed by atoms with Crippen LogP contribution < -0.4 is 0 Å². The zero-order valence-electron chi connectivity index (χ0n) is 10.8. The summed E-state index contributed by atoms with van der Waals surface area (Å²) in [4.78, 5) is 17.1. The summed E-state index contributed by atoms with van der Waals surface area (Å²) in [6.07, 6.45) is 3.32. The Kier molecular flexibility index (Phi) is 2.56. The molecule has 4 nitrogen and oxygen atoms in total. The SMILES string of the molecule is CN(Cc1c[nH]c2ccccc12)C(=O)C1(C#N)CC1. The molecule has 96 valence electrons. The summed E-state index contributed by atoms with van der Waals surface area (Å²) < 4.78 is 0. The molecule has 2 aromatic rings. The molecule has 0 spiro atoms. The Balaban J connectivity index is 1.82. The molecule has 0 unspecified atom stereocenters. The van der Waals surface area contributed by atoms with Crippen LogP contribution in [0.25, 0.3) is 10.9 Å². The highest BCUT2D eigenvalue weighted by Crippen LogP contribution is 2.46. The van der Waals surface area contributed by atoms with Gasteiger partial charge in [-0.1, -0.05) is 18.2 Å². The van der Waals surface area contributed by atoms with Crippen LogP contribution in [0, 0.1) is 16.7 Å². The summed E-state index contributed by atoms with van der Waals surface area (Å²) in [5, 5.41) is 10.2. The van der Waals surface area contributed by atoms with Crippen molar-refractivity contribution in [2.75, 3.05) is 7.05 Å². The zero-order chi connectivity index (χ0) is 13.5. The van der Waals surface area contributed by atoms with Crippen molar-refractivity contribution < 1.29 is 4.79 Å². The number of nitrogens with zero attached hydrogens (tertiary/aromatic N) is 2. The quantitative estimate of drug-likeness (QED) is 0.913. The maximum atomic E-state index is 12.2. The summed E-state index contributed by atoms with van der Waals surface area (Å²) in [7, 11) is 1.77. The van der Waals surface area contributed by atoms with Gasteiger partial charge in [0.15, 0.2) is 0 Å². The molecule has 4 heteroatoms. The predicted molar refractivity (Wildman–Crippen MR) is 72.1 cm³/mol. The molecule has 1 saturated carbocycles. The van der Waals surface area contributed by atoms with E-state index in [0.29, 0.717) is 19.4 Å². The van der Waals surface area contributed by atoms with Gasteiger partial charge >= 0.3 is 0 Å². The first-order valence-electron chi connectivity index (χ1n) is 6.38. The van der Waals surface area contributed by atoms with Crippen molar-refractivity contribution in [1.29, 1.82) is 5.26 Å². The largest absolute Gasteiger partial charge is 0.361 e. The first-order valence-corrected chi connectivity index (χ1v) is 6.38. The first-order chi connectivity index (χ1) is 9.16. The molecule has 0 atom stereocenters. The molecular weight excluding hydrogens is 238 g/mol. The normalized spacial score (nSPS) is 16.0. The number of amides is 1. The second kappa shape index (κ2) is 4.13. The van der Waals surface area contributed by atoms with Crippen molar-refractivity contribution in [3.63, 3.8) is 0 Å². The average molecular weight is 253 g/mol. The lowest BCUT2D eigenvalue weighted by atomic mass is 10.1. The topological polar surface area (TPSA) is 59.9 Å². The van der Waals surface area contributed by atoms with Crippen LogP contribution >= 0.6 is 0 Å². The second-order valence-electron chi connectivity index (χ2n) is 5.21. The number of hydrogen-bond acceptors (Lipinski definition) is 2. The van der Waals surface area contributed by atoms with Crippen LogP contribution in [-0.2, 0) is 11.3 Å². The standard InChI is InChI=1S/C15H15N3O/c1-18(14(19)15(10-16)6-7-15)9-11-8-17-13-5-3-2-4-12(11)13/h2-5,8,17H,6-7,9H2,1H3. The maximum Gasteiger partial charge on any atom is 0.243 e. The fraction of sp³-hybridized carbons (Fsp3) is 0.333. The van der Waals surface area contributed by atoms with Gasteiger partial charge in [-0.2, -0.15) is 5.26 Å². The monoisotopic (exact) mass is 253 g/mol. The summed E-state index contributed by atoms with van der Waals surface area (Å²) in [6.45, 7) is 0.534. The predicted octanol–water partition coefficient (Wildman–Crippen LogP) is 2.43. The number of aromatic amines is 1. The lowest BCUT2D eigenvalue weighted by Gasteiger charge is -2.19. The second-order valence-corrected chi connectivity index (χ2v) is 5.21. The van der Waals surface area contributed by atoms with Gasteiger partial charge in [0, 0.05) is 30.7 Å². The lowest BCUT2D eigenvalue weighted by molar-refractivity contribution is -0.134. The highest BCUT2D eigenvalue weighted by atomic mass is 16.2. The molecule has 1 aromatic heterocycles. The molecule has 1 aliphatic carbocycles. The van der Waals surface area contributed by atoms with Gasteiger partial charge in [0.05, 0.1) is 6.07 Å². The van der Waals surface area contributed by atoms with Crippen LogP contribution in [0.2, 0.25) is 0 Å². The van der Waals surface area contributed by atoms with E-state index in [1.54, 1.807) is 11.9 Å². The number of carbonyl (C=O) groups excluding carboxylic acids is 1. The van der Waals surface area contributed by atoms with Crippen molar-refractivity contribution in [2.24, 2.45) is 5.41 Å². The summed E-state index contributed by atoms with van der Waals surface area (Å²) in [5.74, 6) is -0.0553. The smallest absolute Gasteiger partial charge is 0.243 e. The molecule has 1 N–H and O–H groups in total. The Morgan fingerprint density at radius 3 is 2.89 bits per heavy atom. The van der Waals surface area contributed by atoms with Crippen LogP contribution in [0.1, 0.15) is 18.4 Å². The van der Waals surface area contributed by atoms with E-state index in [-0.39, 0.29) is 5.91 Å². The summed E-state index contributed by atoms with van der Waals surface area (Å²) >= 11 is 0. The number of hydrogen-bond donors (Lipinski definition) is 1. The van der Waals surface area contributed by atoms with Crippen molar-refractivity contribution in [3.8, 4) is 6.07 Å². The maximum absolute atomic E-state index is 12.2. The third kappa shape index (κ3) is 1.88. The molecule has 0 saturated heterocycles. The number of nitrogens with one attached hydrogen (secondary N) is 1. The third-order valence-electron chi connectivity index (χ3n) is 3.80. The summed E-state index contributed by atoms with van der Waals surface area (Å²) in [6, 6.07) is 10.2. The first kappa shape index (κ1) is 11.8. The molecule has 1 amide bonds. The van der Waals surface area contributed by atoms with Gasteiger partial charge in [-0.15, -0.1) is 0 Å². The minimum Gasteiger partial charge on any atom is -0.361 e. The minimum absolute atomic E-state index is 0.0553. The van der Waals surface area contributed by atoms with E-state index in [9.17, 15) is 4.79 Å². The highest BCUT2D eigenvalue weighted by Gasteiger charge is 2.51. The number of benzene rings is 1. The Morgan fingerprint density at radius 2 is 2.21 bits per heavy atom. The van der Waals surface area contributed by atoms with Crippen molar-refractivity contribution >= 4 is 16.8 Å². The highest BCUT2D eigenvalue weighted by molar-refractivity contribution is 5.89. The van der Waals surface area contributed by atoms with Gasteiger partial charge in [-0.25, -0.2) is 0 Å². The fourth-order valence-electron chi connectivity index (χ4n) is 2.45. The number of H-pyrrole nitrogens is 1.